The number of hydrogen-bond acceptors (Lipinski definition) is 4. The van der Waals surface area contributed by atoms with Crippen LogP contribution in [0.15, 0.2) is 30.3 Å². The molecule has 2 aromatic rings. The molecule has 0 unspecified atom stereocenters. The lowest BCUT2D eigenvalue weighted by Crippen LogP contribution is -2.40. The van der Waals surface area contributed by atoms with Gasteiger partial charge >= 0.3 is 0 Å². The fourth-order valence-corrected chi connectivity index (χ4v) is 5.79. The molecule has 4 rings (SSSR count). The topological polar surface area (TPSA) is 62.3 Å². The van der Waals surface area contributed by atoms with Crippen LogP contribution in [-0.2, 0) is 4.79 Å². The fraction of sp³-hybridized carbons (Fsp3) is 0.560. The van der Waals surface area contributed by atoms with Gasteiger partial charge in [-0.25, -0.2) is 4.98 Å². The maximum atomic E-state index is 13.1. The summed E-state index contributed by atoms with van der Waals surface area (Å²) >= 11 is 1.48. The summed E-state index contributed by atoms with van der Waals surface area (Å²) < 4.78 is 0. The molecular weight excluding hydrogens is 406 g/mol. The van der Waals surface area contributed by atoms with E-state index in [0.29, 0.717) is 18.4 Å². The van der Waals surface area contributed by atoms with E-state index in [9.17, 15) is 9.59 Å². The quantitative estimate of drug-likeness (QED) is 0.651. The van der Waals surface area contributed by atoms with Crippen LogP contribution in [0.5, 0.6) is 0 Å². The van der Waals surface area contributed by atoms with Crippen LogP contribution in [0.2, 0.25) is 0 Å². The van der Waals surface area contributed by atoms with Crippen molar-refractivity contribution in [3.8, 4) is 10.6 Å². The molecule has 2 heterocycles. The first kappa shape index (κ1) is 22.0. The van der Waals surface area contributed by atoms with Gasteiger partial charge in [0.05, 0.1) is 5.69 Å². The van der Waals surface area contributed by atoms with Gasteiger partial charge in [0.25, 0.3) is 5.91 Å². The number of hydrogen-bond donors (Lipinski definition) is 1. The van der Waals surface area contributed by atoms with Gasteiger partial charge in [0, 0.05) is 31.1 Å². The van der Waals surface area contributed by atoms with Crippen LogP contribution in [0.3, 0.4) is 0 Å². The summed E-state index contributed by atoms with van der Waals surface area (Å²) in [6, 6.07) is 10.4. The van der Waals surface area contributed by atoms with Crippen molar-refractivity contribution >= 4 is 23.2 Å². The number of piperidine rings is 1. The molecule has 0 atom stereocenters. The number of aromatic nitrogens is 1. The van der Waals surface area contributed by atoms with E-state index in [0.717, 1.165) is 59.9 Å². The minimum absolute atomic E-state index is 0.0820. The van der Waals surface area contributed by atoms with E-state index in [2.05, 4.69) is 10.3 Å². The zero-order valence-corrected chi connectivity index (χ0v) is 19.3. The van der Waals surface area contributed by atoms with Crippen molar-refractivity contribution in [2.45, 2.75) is 70.8 Å². The molecule has 0 radical (unpaired) electrons. The summed E-state index contributed by atoms with van der Waals surface area (Å²) in [6.07, 6.45) is 9.69. The molecule has 1 aromatic heterocycles. The van der Waals surface area contributed by atoms with Crippen LogP contribution in [0, 0.1) is 12.8 Å². The normalized spacial score (nSPS) is 18.5. The third-order valence-electron chi connectivity index (χ3n) is 6.61. The highest BCUT2D eigenvalue weighted by atomic mass is 32.1. The smallest absolute Gasteiger partial charge is 0.265 e. The lowest BCUT2D eigenvalue weighted by Gasteiger charge is -2.32. The van der Waals surface area contributed by atoms with Gasteiger partial charge < -0.3 is 10.2 Å². The highest BCUT2D eigenvalue weighted by Gasteiger charge is 2.28. The van der Waals surface area contributed by atoms with Crippen molar-refractivity contribution in [2.75, 3.05) is 13.1 Å². The Labute approximate surface area is 189 Å². The van der Waals surface area contributed by atoms with E-state index < -0.39 is 0 Å². The predicted molar refractivity (Wildman–Crippen MR) is 125 cm³/mol. The summed E-state index contributed by atoms with van der Waals surface area (Å²) in [5.41, 5.74) is 1.85. The molecule has 0 spiro atoms. The largest absolute Gasteiger partial charge is 0.353 e. The second kappa shape index (κ2) is 10.4. The van der Waals surface area contributed by atoms with Crippen LogP contribution in [0.1, 0.15) is 73.2 Å². The van der Waals surface area contributed by atoms with Crippen molar-refractivity contribution in [2.24, 2.45) is 5.92 Å². The Bertz CT molecular complexity index is 879. The Hall–Kier alpha value is -2.21. The highest BCUT2D eigenvalue weighted by molar-refractivity contribution is 7.17. The fourth-order valence-electron chi connectivity index (χ4n) is 4.76. The third-order valence-corrected chi connectivity index (χ3v) is 7.80. The van der Waals surface area contributed by atoms with Crippen molar-refractivity contribution in [3.05, 3.63) is 40.9 Å². The lowest BCUT2D eigenvalue weighted by atomic mass is 9.92. The summed E-state index contributed by atoms with van der Waals surface area (Å²) in [6.45, 7) is 3.36. The SMILES string of the molecule is Cc1nc(-c2ccccc2)sc1C(=O)N1CCC(CC(=O)NC2CCCCCC2)CC1. The molecule has 1 aliphatic carbocycles. The number of thiazole rings is 1. The average Bonchev–Trinajstić information content (AvgIpc) is 2.99. The molecule has 1 aliphatic heterocycles. The molecule has 6 heteroatoms. The van der Waals surface area contributed by atoms with Crippen molar-refractivity contribution in [1.82, 2.24) is 15.2 Å². The molecule has 2 amide bonds. The van der Waals surface area contributed by atoms with E-state index in [1.54, 1.807) is 0 Å². The Kier molecular flexibility index (Phi) is 7.38. The molecule has 1 saturated carbocycles. The van der Waals surface area contributed by atoms with Crippen LogP contribution < -0.4 is 5.32 Å². The number of amides is 2. The average molecular weight is 440 g/mol. The van der Waals surface area contributed by atoms with Gasteiger partial charge in [-0.1, -0.05) is 56.0 Å². The maximum Gasteiger partial charge on any atom is 0.265 e. The second-order valence-corrected chi connectivity index (χ2v) is 9.99. The molecule has 1 aromatic carbocycles. The van der Waals surface area contributed by atoms with E-state index in [4.69, 9.17) is 0 Å². The Morgan fingerprint density at radius 3 is 2.39 bits per heavy atom. The third kappa shape index (κ3) is 5.73. The van der Waals surface area contributed by atoms with Gasteiger partial charge in [0.15, 0.2) is 0 Å². The first-order valence-electron chi connectivity index (χ1n) is 11.7. The Morgan fingerprint density at radius 1 is 1.03 bits per heavy atom. The molecule has 5 nitrogen and oxygen atoms in total. The van der Waals surface area contributed by atoms with E-state index in [1.165, 1.54) is 37.0 Å². The summed E-state index contributed by atoms with van der Waals surface area (Å²) in [7, 11) is 0. The molecule has 166 valence electrons. The van der Waals surface area contributed by atoms with Crippen LogP contribution in [-0.4, -0.2) is 40.8 Å². The van der Waals surface area contributed by atoms with Gasteiger partial charge in [-0.15, -0.1) is 11.3 Å². The van der Waals surface area contributed by atoms with Crippen molar-refractivity contribution in [1.29, 1.82) is 0 Å². The van der Waals surface area contributed by atoms with Gasteiger partial charge in [0.2, 0.25) is 5.91 Å². The Balaban J connectivity index is 1.28. The number of rotatable bonds is 5. The number of nitrogens with zero attached hydrogens (tertiary/aromatic N) is 2. The number of aryl methyl sites for hydroxylation is 1. The van der Waals surface area contributed by atoms with Gasteiger partial charge in [-0.2, -0.15) is 0 Å². The predicted octanol–water partition coefficient (Wildman–Crippen LogP) is 5.20. The number of carbonyl (C=O) groups excluding carboxylic acids is 2. The Morgan fingerprint density at radius 2 is 1.71 bits per heavy atom. The maximum absolute atomic E-state index is 13.1. The van der Waals surface area contributed by atoms with Crippen molar-refractivity contribution in [3.63, 3.8) is 0 Å². The van der Waals surface area contributed by atoms with E-state index in [-0.39, 0.29) is 11.8 Å². The second-order valence-electron chi connectivity index (χ2n) is 9.00. The zero-order chi connectivity index (χ0) is 21.6. The molecule has 1 N–H and O–H groups in total. The van der Waals surface area contributed by atoms with Crippen LogP contribution >= 0.6 is 11.3 Å². The molecule has 2 fully saturated rings. The first-order valence-corrected chi connectivity index (χ1v) is 12.5. The van der Waals surface area contributed by atoms with E-state index in [1.807, 2.05) is 42.2 Å². The monoisotopic (exact) mass is 439 g/mol. The lowest BCUT2D eigenvalue weighted by molar-refractivity contribution is -0.123. The van der Waals surface area contributed by atoms with E-state index >= 15 is 0 Å². The number of carbonyl (C=O) groups is 2. The highest BCUT2D eigenvalue weighted by Crippen LogP contribution is 2.30. The summed E-state index contributed by atoms with van der Waals surface area (Å²) in [5.74, 6) is 0.651. The number of likely N-dealkylation sites (tertiary alicyclic amines) is 1. The van der Waals surface area contributed by atoms with Gasteiger partial charge in [0.1, 0.15) is 9.88 Å². The molecular formula is C25H33N3O2S. The van der Waals surface area contributed by atoms with Gasteiger partial charge in [-0.3, -0.25) is 9.59 Å². The standard InChI is InChI=1S/C25H33N3O2S/c1-18-23(31-24(26-18)20-9-5-4-6-10-20)25(30)28-15-13-19(14-16-28)17-22(29)27-21-11-7-2-3-8-12-21/h4-6,9-10,19,21H,2-3,7-8,11-17H2,1H3,(H,27,29). The molecule has 31 heavy (non-hydrogen) atoms. The number of nitrogens with one attached hydrogen (secondary N) is 1. The van der Waals surface area contributed by atoms with Crippen LogP contribution in [0.25, 0.3) is 10.6 Å². The molecule has 0 bridgehead atoms. The number of benzene rings is 1. The van der Waals surface area contributed by atoms with Crippen molar-refractivity contribution < 1.29 is 9.59 Å². The molecule has 2 aliphatic rings. The minimum Gasteiger partial charge on any atom is -0.353 e. The van der Waals surface area contributed by atoms with Gasteiger partial charge in [-0.05, 0) is 38.5 Å². The zero-order valence-electron chi connectivity index (χ0n) is 18.4. The van der Waals surface area contributed by atoms with Crippen LogP contribution in [0.4, 0.5) is 0 Å². The molecule has 1 saturated heterocycles. The minimum atomic E-state index is 0.0820. The first-order chi connectivity index (χ1) is 15.1. The summed E-state index contributed by atoms with van der Waals surface area (Å²) in [4.78, 5) is 32.9. The summed E-state index contributed by atoms with van der Waals surface area (Å²) in [5, 5.41) is 4.16.